The number of carbonyl (C=O) groups is 1. The summed E-state index contributed by atoms with van der Waals surface area (Å²) in [4.78, 5) is 10.7. The number of aliphatic carboxylic acids is 1. The lowest BCUT2D eigenvalue weighted by atomic mass is 9.98. The van der Waals surface area contributed by atoms with Crippen LogP contribution in [0.1, 0.15) is 45.6 Å². The molecule has 0 amide bonds. The van der Waals surface area contributed by atoms with Crippen LogP contribution in [0.25, 0.3) is 0 Å². The smallest absolute Gasteiger partial charge is 0.303 e. The van der Waals surface area contributed by atoms with Gasteiger partial charge in [-0.05, 0) is 44.4 Å². The molecule has 0 fully saturated rings. The number of rotatable bonds is 5. The lowest BCUT2D eigenvalue weighted by Gasteiger charge is -2.20. The molecule has 0 aliphatic carbocycles. The van der Waals surface area contributed by atoms with Crippen molar-refractivity contribution in [3.8, 4) is 0 Å². The minimum atomic E-state index is -3.45. The van der Waals surface area contributed by atoms with Gasteiger partial charge in [0.2, 0.25) is 10.0 Å². The van der Waals surface area contributed by atoms with Gasteiger partial charge in [0.15, 0.2) is 0 Å². The molecule has 0 heterocycles. The Bertz CT molecular complexity index is 570. The van der Waals surface area contributed by atoms with Crippen molar-refractivity contribution in [2.24, 2.45) is 0 Å². The van der Waals surface area contributed by atoms with Crippen molar-refractivity contribution in [1.29, 1.82) is 0 Å². The van der Waals surface area contributed by atoms with Crippen LogP contribution in [-0.2, 0) is 14.8 Å². The zero-order valence-corrected chi connectivity index (χ0v) is 13.0. The van der Waals surface area contributed by atoms with Gasteiger partial charge in [0.05, 0.1) is 11.2 Å². The Morgan fingerprint density at radius 1 is 1.25 bits per heavy atom. The SMILES string of the molecule is CC(CC(=O)O)c1ccc(NS(=O)(=O)C(C)(C)C)cc1. The van der Waals surface area contributed by atoms with E-state index in [1.54, 1.807) is 45.0 Å². The summed E-state index contributed by atoms with van der Waals surface area (Å²) in [6.45, 7) is 6.69. The molecule has 1 atom stereocenters. The maximum atomic E-state index is 12.0. The highest BCUT2D eigenvalue weighted by atomic mass is 32.2. The predicted octanol–water partition coefficient (Wildman–Crippen LogP) is 2.81. The van der Waals surface area contributed by atoms with Crippen molar-refractivity contribution in [2.75, 3.05) is 4.72 Å². The first kappa shape index (κ1) is 16.5. The average Bonchev–Trinajstić information content (AvgIpc) is 2.26. The largest absolute Gasteiger partial charge is 0.481 e. The van der Waals surface area contributed by atoms with Crippen LogP contribution in [0.3, 0.4) is 0 Å². The van der Waals surface area contributed by atoms with E-state index in [2.05, 4.69) is 4.72 Å². The number of hydrogen-bond donors (Lipinski definition) is 2. The number of carboxylic acid groups (broad SMARTS) is 1. The predicted molar refractivity (Wildman–Crippen MR) is 79.4 cm³/mol. The molecule has 1 unspecified atom stereocenters. The number of hydrogen-bond acceptors (Lipinski definition) is 3. The Kier molecular flexibility index (Phi) is 4.81. The third-order valence-electron chi connectivity index (χ3n) is 3.02. The molecule has 0 radical (unpaired) electrons. The van der Waals surface area contributed by atoms with Crippen LogP contribution in [0.15, 0.2) is 24.3 Å². The molecule has 20 heavy (non-hydrogen) atoms. The molecule has 2 N–H and O–H groups in total. The molecule has 1 aromatic carbocycles. The van der Waals surface area contributed by atoms with Gasteiger partial charge in [0, 0.05) is 5.69 Å². The second-order valence-electron chi connectivity index (χ2n) is 5.84. The molecular formula is C14H21NO4S. The molecule has 0 saturated heterocycles. The first-order chi connectivity index (χ1) is 9.03. The number of benzene rings is 1. The molecule has 0 bridgehead atoms. The standard InChI is InChI=1S/C14H21NO4S/c1-10(9-13(16)17)11-5-7-12(8-6-11)15-20(18,19)14(2,3)4/h5-8,10,15H,9H2,1-4H3,(H,16,17). The van der Waals surface area contributed by atoms with Gasteiger partial charge in [-0.25, -0.2) is 8.42 Å². The second-order valence-corrected chi connectivity index (χ2v) is 8.27. The van der Waals surface area contributed by atoms with Crippen molar-refractivity contribution >= 4 is 21.7 Å². The molecule has 1 rings (SSSR count). The Morgan fingerprint density at radius 2 is 1.75 bits per heavy atom. The van der Waals surface area contributed by atoms with Gasteiger partial charge in [-0.3, -0.25) is 9.52 Å². The summed E-state index contributed by atoms with van der Waals surface area (Å²) in [7, 11) is -3.45. The van der Waals surface area contributed by atoms with E-state index in [1.165, 1.54) is 0 Å². The Balaban J connectivity index is 2.85. The normalized spacial score (nSPS) is 13.8. The zero-order chi connectivity index (χ0) is 15.6. The van der Waals surface area contributed by atoms with E-state index in [9.17, 15) is 13.2 Å². The van der Waals surface area contributed by atoms with Crippen LogP contribution in [0.4, 0.5) is 5.69 Å². The van der Waals surface area contributed by atoms with Gasteiger partial charge < -0.3 is 5.11 Å². The molecule has 1 aromatic rings. The van der Waals surface area contributed by atoms with Crippen LogP contribution < -0.4 is 4.72 Å². The van der Waals surface area contributed by atoms with Crippen LogP contribution in [0, 0.1) is 0 Å². The molecular weight excluding hydrogens is 278 g/mol. The topological polar surface area (TPSA) is 83.5 Å². The lowest BCUT2D eigenvalue weighted by Crippen LogP contribution is -2.33. The number of sulfonamides is 1. The van der Waals surface area contributed by atoms with Crippen molar-refractivity contribution < 1.29 is 18.3 Å². The van der Waals surface area contributed by atoms with E-state index in [-0.39, 0.29) is 12.3 Å². The summed E-state index contributed by atoms with van der Waals surface area (Å²) in [5.41, 5.74) is 1.34. The molecule has 5 nitrogen and oxygen atoms in total. The van der Waals surface area contributed by atoms with Gasteiger partial charge in [0.25, 0.3) is 0 Å². The first-order valence-electron chi connectivity index (χ1n) is 6.37. The molecule has 0 spiro atoms. The zero-order valence-electron chi connectivity index (χ0n) is 12.2. The Morgan fingerprint density at radius 3 is 2.15 bits per heavy atom. The monoisotopic (exact) mass is 299 g/mol. The number of nitrogens with one attached hydrogen (secondary N) is 1. The maximum Gasteiger partial charge on any atom is 0.303 e. The summed E-state index contributed by atoms with van der Waals surface area (Å²) in [5, 5.41) is 8.75. The molecule has 112 valence electrons. The Hall–Kier alpha value is -1.56. The second kappa shape index (κ2) is 5.83. The third-order valence-corrected chi connectivity index (χ3v) is 5.14. The van der Waals surface area contributed by atoms with E-state index in [1.807, 2.05) is 6.92 Å². The Labute approximate surface area is 120 Å². The lowest BCUT2D eigenvalue weighted by molar-refractivity contribution is -0.137. The first-order valence-corrected chi connectivity index (χ1v) is 7.85. The fraction of sp³-hybridized carbons (Fsp3) is 0.500. The van der Waals surface area contributed by atoms with Gasteiger partial charge >= 0.3 is 5.97 Å². The van der Waals surface area contributed by atoms with E-state index < -0.39 is 20.7 Å². The van der Waals surface area contributed by atoms with E-state index in [4.69, 9.17) is 5.11 Å². The van der Waals surface area contributed by atoms with Crippen LogP contribution >= 0.6 is 0 Å². The fourth-order valence-corrected chi connectivity index (χ4v) is 2.32. The van der Waals surface area contributed by atoms with Crippen molar-refractivity contribution in [3.63, 3.8) is 0 Å². The van der Waals surface area contributed by atoms with Crippen molar-refractivity contribution in [3.05, 3.63) is 29.8 Å². The molecule has 6 heteroatoms. The van der Waals surface area contributed by atoms with E-state index >= 15 is 0 Å². The summed E-state index contributed by atoms with van der Waals surface area (Å²) >= 11 is 0. The highest BCUT2D eigenvalue weighted by Crippen LogP contribution is 2.23. The quantitative estimate of drug-likeness (QED) is 0.875. The van der Waals surface area contributed by atoms with Crippen LogP contribution in [0.5, 0.6) is 0 Å². The third kappa shape index (κ3) is 4.23. The summed E-state index contributed by atoms with van der Waals surface area (Å²) in [6.07, 6.45) is 0.0487. The van der Waals surface area contributed by atoms with Gasteiger partial charge in [-0.2, -0.15) is 0 Å². The van der Waals surface area contributed by atoms with Gasteiger partial charge in [0.1, 0.15) is 0 Å². The average molecular weight is 299 g/mol. The van der Waals surface area contributed by atoms with Gasteiger partial charge in [-0.15, -0.1) is 0 Å². The highest BCUT2D eigenvalue weighted by Gasteiger charge is 2.28. The van der Waals surface area contributed by atoms with Crippen molar-refractivity contribution in [2.45, 2.75) is 44.8 Å². The number of anilines is 1. The maximum absolute atomic E-state index is 12.0. The molecule has 0 aliphatic heterocycles. The minimum Gasteiger partial charge on any atom is -0.481 e. The summed E-state index contributed by atoms with van der Waals surface area (Å²) in [5.74, 6) is -0.962. The van der Waals surface area contributed by atoms with E-state index in [0.29, 0.717) is 5.69 Å². The summed E-state index contributed by atoms with van der Waals surface area (Å²) < 4.78 is 25.6. The van der Waals surface area contributed by atoms with Crippen LogP contribution in [0.2, 0.25) is 0 Å². The minimum absolute atomic E-state index is 0.0487. The number of carboxylic acids is 1. The highest BCUT2D eigenvalue weighted by molar-refractivity contribution is 7.94. The fourth-order valence-electron chi connectivity index (χ4n) is 1.57. The molecule has 0 aromatic heterocycles. The molecule has 0 saturated carbocycles. The van der Waals surface area contributed by atoms with Gasteiger partial charge in [-0.1, -0.05) is 19.1 Å². The summed E-state index contributed by atoms with van der Waals surface area (Å²) in [6, 6.07) is 6.79. The van der Waals surface area contributed by atoms with Crippen molar-refractivity contribution in [1.82, 2.24) is 0 Å². The van der Waals surface area contributed by atoms with E-state index in [0.717, 1.165) is 5.56 Å². The molecule has 0 aliphatic rings. The van der Waals surface area contributed by atoms with Crippen LogP contribution in [-0.4, -0.2) is 24.2 Å².